The van der Waals surface area contributed by atoms with Gasteiger partial charge < -0.3 is 14.6 Å². The van der Waals surface area contributed by atoms with E-state index in [1.54, 1.807) is 36.4 Å². The first kappa shape index (κ1) is 21.9. The number of benzene rings is 2. The van der Waals surface area contributed by atoms with Crippen molar-refractivity contribution in [2.75, 3.05) is 19.1 Å². The van der Waals surface area contributed by atoms with E-state index < -0.39 is 17.7 Å². The Hall–Kier alpha value is -3.29. The maximum Gasteiger partial charge on any atom is 0.300 e. The SMILES string of the molecule is COc1ccc(/C(O)=C2/C(=O)C(=O)N(c3cc(Cl)ccc3C)C2c2cccs2)cc1OC. The van der Waals surface area contributed by atoms with Crippen LogP contribution < -0.4 is 14.4 Å². The monoisotopic (exact) mass is 469 g/mol. The fourth-order valence-electron chi connectivity index (χ4n) is 3.78. The third kappa shape index (κ3) is 3.63. The zero-order chi connectivity index (χ0) is 23.0. The van der Waals surface area contributed by atoms with Gasteiger partial charge in [-0.3, -0.25) is 14.5 Å². The Labute approximate surface area is 194 Å². The molecule has 1 aliphatic heterocycles. The predicted octanol–water partition coefficient (Wildman–Crippen LogP) is 5.35. The van der Waals surface area contributed by atoms with Gasteiger partial charge in [0.1, 0.15) is 11.8 Å². The molecule has 1 N–H and O–H groups in total. The number of ketones is 1. The highest BCUT2D eigenvalue weighted by Crippen LogP contribution is 2.45. The maximum absolute atomic E-state index is 13.2. The molecule has 0 saturated carbocycles. The molecule has 1 atom stereocenters. The van der Waals surface area contributed by atoms with Crippen LogP contribution >= 0.6 is 22.9 Å². The van der Waals surface area contributed by atoms with Crippen molar-refractivity contribution in [2.24, 2.45) is 0 Å². The highest BCUT2D eigenvalue weighted by atomic mass is 35.5. The van der Waals surface area contributed by atoms with E-state index >= 15 is 0 Å². The van der Waals surface area contributed by atoms with E-state index in [1.807, 2.05) is 24.4 Å². The number of hydrogen-bond acceptors (Lipinski definition) is 6. The number of aryl methyl sites for hydroxylation is 1. The van der Waals surface area contributed by atoms with E-state index in [2.05, 4.69) is 0 Å². The minimum atomic E-state index is -0.791. The Morgan fingerprint density at radius 2 is 1.81 bits per heavy atom. The van der Waals surface area contributed by atoms with Gasteiger partial charge in [0.2, 0.25) is 0 Å². The lowest BCUT2D eigenvalue weighted by molar-refractivity contribution is -0.132. The summed E-state index contributed by atoms with van der Waals surface area (Å²) in [6, 6.07) is 12.8. The number of rotatable bonds is 5. The topological polar surface area (TPSA) is 76.1 Å². The number of amides is 1. The molecule has 4 rings (SSSR count). The summed E-state index contributed by atoms with van der Waals surface area (Å²) in [5.41, 5.74) is 1.64. The summed E-state index contributed by atoms with van der Waals surface area (Å²) in [4.78, 5) is 28.5. The van der Waals surface area contributed by atoms with Gasteiger partial charge in [-0.2, -0.15) is 0 Å². The van der Waals surface area contributed by atoms with Gasteiger partial charge >= 0.3 is 0 Å². The van der Waals surface area contributed by atoms with E-state index in [-0.39, 0.29) is 11.3 Å². The van der Waals surface area contributed by atoms with Gasteiger partial charge in [-0.1, -0.05) is 23.7 Å². The normalized spacial score (nSPS) is 17.6. The Balaban J connectivity index is 1.94. The van der Waals surface area contributed by atoms with E-state index in [1.165, 1.54) is 30.5 Å². The van der Waals surface area contributed by atoms with E-state index in [0.29, 0.717) is 27.8 Å². The highest BCUT2D eigenvalue weighted by molar-refractivity contribution is 7.10. The van der Waals surface area contributed by atoms with Crippen LogP contribution in [0.3, 0.4) is 0 Å². The molecule has 0 bridgehead atoms. The number of methoxy groups -OCH3 is 2. The largest absolute Gasteiger partial charge is 0.507 e. The predicted molar refractivity (Wildman–Crippen MR) is 125 cm³/mol. The van der Waals surface area contributed by atoms with Crippen LogP contribution in [0.15, 0.2) is 59.5 Å². The number of hydrogen-bond donors (Lipinski definition) is 1. The van der Waals surface area contributed by atoms with E-state index in [0.717, 1.165) is 10.4 Å². The molecule has 1 unspecified atom stereocenters. The van der Waals surface area contributed by atoms with Crippen molar-refractivity contribution >= 4 is 46.1 Å². The smallest absolute Gasteiger partial charge is 0.300 e. The van der Waals surface area contributed by atoms with Gasteiger partial charge in [0.15, 0.2) is 11.5 Å². The molecule has 2 heterocycles. The van der Waals surface area contributed by atoms with E-state index in [4.69, 9.17) is 21.1 Å². The summed E-state index contributed by atoms with van der Waals surface area (Å²) < 4.78 is 10.6. The van der Waals surface area contributed by atoms with Crippen molar-refractivity contribution in [3.05, 3.63) is 80.5 Å². The lowest BCUT2D eigenvalue weighted by Gasteiger charge is -2.26. The number of carbonyl (C=O) groups excluding carboxylic acids is 2. The molecule has 32 heavy (non-hydrogen) atoms. The standard InChI is InChI=1S/C24H20ClNO5S/c1-13-6-8-15(25)12-16(13)26-21(19-5-4-10-32-19)20(23(28)24(26)29)22(27)14-7-9-17(30-2)18(11-14)31-3/h4-12,21,27H,1-3H3/b22-20-. The molecular weight excluding hydrogens is 450 g/mol. The first-order valence-corrected chi connectivity index (χ1v) is 11.0. The molecule has 2 aromatic carbocycles. The van der Waals surface area contributed by atoms with Crippen LogP contribution in [0.25, 0.3) is 5.76 Å². The molecule has 1 aliphatic rings. The van der Waals surface area contributed by atoms with Crippen molar-refractivity contribution in [3.63, 3.8) is 0 Å². The molecule has 1 amide bonds. The van der Waals surface area contributed by atoms with Crippen LogP contribution in [0, 0.1) is 6.92 Å². The average molecular weight is 470 g/mol. The van der Waals surface area contributed by atoms with E-state index in [9.17, 15) is 14.7 Å². The lowest BCUT2D eigenvalue weighted by atomic mass is 9.99. The summed E-state index contributed by atoms with van der Waals surface area (Å²) in [5.74, 6) is -0.909. The number of Topliss-reactive ketones (excluding diaryl/α,β-unsaturated/α-hetero) is 1. The molecule has 6 nitrogen and oxygen atoms in total. The summed E-state index contributed by atoms with van der Waals surface area (Å²) in [7, 11) is 2.99. The zero-order valence-corrected chi connectivity index (χ0v) is 19.2. The number of carbonyl (C=O) groups is 2. The lowest BCUT2D eigenvalue weighted by Crippen LogP contribution is -2.29. The third-order valence-electron chi connectivity index (χ3n) is 5.34. The summed E-state index contributed by atoms with van der Waals surface area (Å²) in [6.45, 7) is 1.84. The second kappa shape index (κ2) is 8.68. The molecule has 1 saturated heterocycles. The van der Waals surface area contributed by atoms with Crippen molar-refractivity contribution < 1.29 is 24.2 Å². The Bertz CT molecular complexity index is 1240. The molecule has 0 radical (unpaired) electrons. The van der Waals surface area contributed by atoms with Crippen LogP contribution in [0.1, 0.15) is 22.0 Å². The second-order valence-electron chi connectivity index (χ2n) is 7.19. The third-order valence-corrected chi connectivity index (χ3v) is 6.50. The summed E-state index contributed by atoms with van der Waals surface area (Å²) in [5, 5.41) is 13.5. The number of halogens is 1. The summed E-state index contributed by atoms with van der Waals surface area (Å²) >= 11 is 7.60. The number of nitrogens with zero attached hydrogens (tertiary/aromatic N) is 1. The van der Waals surface area contributed by atoms with Gasteiger partial charge in [-0.15, -0.1) is 11.3 Å². The number of anilines is 1. The Morgan fingerprint density at radius 3 is 2.47 bits per heavy atom. The fourth-order valence-corrected chi connectivity index (χ4v) is 4.77. The fraction of sp³-hybridized carbons (Fsp3) is 0.167. The van der Waals surface area contributed by atoms with Gasteiger partial charge in [-0.25, -0.2) is 0 Å². The molecule has 0 spiro atoms. The molecule has 1 aromatic heterocycles. The van der Waals surface area contributed by atoms with Crippen molar-refractivity contribution in [1.29, 1.82) is 0 Å². The van der Waals surface area contributed by atoms with Crippen LogP contribution in [-0.4, -0.2) is 31.0 Å². The van der Waals surface area contributed by atoms with Crippen LogP contribution in [0.5, 0.6) is 11.5 Å². The number of ether oxygens (including phenoxy) is 2. The zero-order valence-electron chi connectivity index (χ0n) is 17.6. The average Bonchev–Trinajstić information content (AvgIpc) is 3.41. The molecule has 8 heteroatoms. The van der Waals surface area contributed by atoms with Crippen molar-refractivity contribution in [2.45, 2.75) is 13.0 Å². The first-order chi connectivity index (χ1) is 15.4. The van der Waals surface area contributed by atoms with Crippen molar-refractivity contribution in [1.82, 2.24) is 0 Å². The molecule has 1 fully saturated rings. The van der Waals surface area contributed by atoms with Crippen LogP contribution in [0.4, 0.5) is 5.69 Å². The van der Waals surface area contributed by atoms with Gasteiger partial charge in [0.25, 0.3) is 11.7 Å². The van der Waals surface area contributed by atoms with Gasteiger partial charge in [0.05, 0.1) is 19.8 Å². The number of aliphatic hydroxyl groups is 1. The van der Waals surface area contributed by atoms with Gasteiger partial charge in [-0.05, 0) is 54.3 Å². The number of aliphatic hydroxyl groups excluding tert-OH is 1. The molecule has 3 aromatic rings. The summed E-state index contributed by atoms with van der Waals surface area (Å²) in [6.07, 6.45) is 0. The Kier molecular flexibility index (Phi) is 5.95. The Morgan fingerprint density at radius 1 is 1.06 bits per heavy atom. The maximum atomic E-state index is 13.2. The minimum Gasteiger partial charge on any atom is -0.507 e. The molecule has 0 aliphatic carbocycles. The quantitative estimate of drug-likeness (QED) is 0.309. The minimum absolute atomic E-state index is 0.00375. The second-order valence-corrected chi connectivity index (χ2v) is 8.60. The van der Waals surface area contributed by atoms with Crippen LogP contribution in [0.2, 0.25) is 5.02 Å². The molecule has 164 valence electrons. The number of thiophene rings is 1. The van der Waals surface area contributed by atoms with Crippen molar-refractivity contribution in [3.8, 4) is 11.5 Å². The first-order valence-electron chi connectivity index (χ1n) is 9.70. The molecular formula is C24H20ClNO5S. The van der Waals surface area contributed by atoms with Crippen LogP contribution in [-0.2, 0) is 9.59 Å². The highest BCUT2D eigenvalue weighted by Gasteiger charge is 2.47. The van der Waals surface area contributed by atoms with Gasteiger partial charge in [0, 0.05) is 21.2 Å².